The maximum atomic E-state index is 13.1. The fourth-order valence-corrected chi connectivity index (χ4v) is 5.29. The molecular formula is C24H23N3O4S. The lowest BCUT2D eigenvalue weighted by Gasteiger charge is -2.38. The average Bonchev–Trinajstić information content (AvgIpc) is 3.35. The van der Waals surface area contributed by atoms with Gasteiger partial charge in [-0.1, -0.05) is 18.2 Å². The van der Waals surface area contributed by atoms with Crippen molar-refractivity contribution in [1.29, 1.82) is 0 Å². The number of nitrogens with zero attached hydrogens (tertiary/aromatic N) is 2. The number of rotatable bonds is 4. The van der Waals surface area contributed by atoms with Crippen LogP contribution < -0.4 is 14.8 Å². The van der Waals surface area contributed by atoms with Crippen molar-refractivity contribution in [2.75, 3.05) is 25.5 Å². The molecule has 1 fully saturated rings. The Kier molecular flexibility index (Phi) is 5.09. The molecule has 1 spiro atoms. The third-order valence-corrected chi connectivity index (χ3v) is 7.23. The smallest absolute Gasteiger partial charge is 0.265 e. The second-order valence-electron chi connectivity index (χ2n) is 8.06. The van der Waals surface area contributed by atoms with Crippen LogP contribution >= 0.6 is 11.3 Å². The van der Waals surface area contributed by atoms with E-state index < -0.39 is 5.41 Å². The number of thiazole rings is 1. The summed E-state index contributed by atoms with van der Waals surface area (Å²) in [5.41, 5.74) is 3.41. The van der Waals surface area contributed by atoms with Crippen LogP contribution in [0.4, 0.5) is 5.69 Å². The number of aryl methyl sites for hydroxylation is 1. The molecule has 7 nitrogen and oxygen atoms in total. The molecule has 1 N–H and O–H groups in total. The summed E-state index contributed by atoms with van der Waals surface area (Å²) in [6, 6.07) is 13.2. The first-order valence-corrected chi connectivity index (χ1v) is 11.4. The minimum atomic E-state index is -0.673. The maximum absolute atomic E-state index is 13.1. The van der Waals surface area contributed by atoms with E-state index in [4.69, 9.17) is 9.47 Å². The highest BCUT2D eigenvalue weighted by Gasteiger charge is 2.49. The summed E-state index contributed by atoms with van der Waals surface area (Å²) in [7, 11) is 1.59. The van der Waals surface area contributed by atoms with Gasteiger partial charge in [-0.15, -0.1) is 11.3 Å². The van der Waals surface area contributed by atoms with E-state index in [0.717, 1.165) is 16.9 Å². The Balaban J connectivity index is 1.41. The summed E-state index contributed by atoms with van der Waals surface area (Å²) >= 11 is 1.36. The molecule has 0 unspecified atom stereocenters. The number of carbonyl (C=O) groups excluding carboxylic acids is 2. The average molecular weight is 450 g/mol. The van der Waals surface area contributed by atoms with Crippen LogP contribution in [0.2, 0.25) is 0 Å². The number of fused-ring (bicyclic) bond motifs is 2. The van der Waals surface area contributed by atoms with E-state index in [1.807, 2.05) is 54.3 Å². The normalized spacial score (nSPS) is 16.6. The lowest BCUT2D eigenvalue weighted by Crippen LogP contribution is -2.48. The number of piperidine rings is 1. The zero-order chi connectivity index (χ0) is 22.3. The van der Waals surface area contributed by atoms with Gasteiger partial charge in [0.25, 0.3) is 5.91 Å². The number of nitrogens with one attached hydrogen (secondary N) is 1. The second-order valence-corrected chi connectivity index (χ2v) is 8.91. The largest absolute Gasteiger partial charge is 0.493 e. The van der Waals surface area contributed by atoms with Gasteiger partial charge in [-0.25, -0.2) is 4.98 Å². The van der Waals surface area contributed by atoms with Gasteiger partial charge in [0.2, 0.25) is 5.91 Å². The summed E-state index contributed by atoms with van der Waals surface area (Å²) in [5, 5.41) is 3.03. The quantitative estimate of drug-likeness (QED) is 0.639. The van der Waals surface area contributed by atoms with Crippen LogP contribution in [-0.2, 0) is 10.2 Å². The number of carbonyl (C=O) groups is 2. The first-order chi connectivity index (χ1) is 15.5. The SMILES string of the molecule is COc1cc2c(cc1Oc1ccccc1)NC(=O)C21CCN(C(=O)c2scnc2C)CC1. The van der Waals surface area contributed by atoms with Crippen LogP contribution in [-0.4, -0.2) is 41.9 Å². The van der Waals surface area contributed by atoms with Crippen molar-refractivity contribution in [3.8, 4) is 17.2 Å². The van der Waals surface area contributed by atoms with Gasteiger partial charge in [0, 0.05) is 24.8 Å². The van der Waals surface area contributed by atoms with Crippen molar-refractivity contribution in [3.63, 3.8) is 0 Å². The molecule has 0 radical (unpaired) electrons. The Bertz CT molecular complexity index is 1180. The number of benzene rings is 2. The highest BCUT2D eigenvalue weighted by molar-refractivity contribution is 7.11. The summed E-state index contributed by atoms with van der Waals surface area (Å²) in [6.45, 7) is 2.86. The predicted octanol–water partition coefficient (Wildman–Crippen LogP) is 4.38. The molecule has 0 bridgehead atoms. The molecule has 5 rings (SSSR count). The second kappa shape index (κ2) is 7.94. The third-order valence-electron chi connectivity index (χ3n) is 6.32. The van der Waals surface area contributed by atoms with E-state index >= 15 is 0 Å². The summed E-state index contributed by atoms with van der Waals surface area (Å²) in [6.07, 6.45) is 1.11. The number of likely N-dealkylation sites (tertiary alicyclic amines) is 1. The number of para-hydroxylation sites is 1. The van der Waals surface area contributed by atoms with Crippen molar-refractivity contribution in [2.45, 2.75) is 25.2 Å². The molecule has 1 saturated heterocycles. The monoisotopic (exact) mass is 449 g/mol. The minimum Gasteiger partial charge on any atom is -0.493 e. The minimum absolute atomic E-state index is 0.0114. The Morgan fingerprint density at radius 3 is 2.56 bits per heavy atom. The van der Waals surface area contributed by atoms with E-state index in [1.165, 1.54) is 11.3 Å². The highest BCUT2D eigenvalue weighted by Crippen LogP contribution is 2.49. The lowest BCUT2D eigenvalue weighted by atomic mass is 9.73. The number of ether oxygens (including phenoxy) is 2. The number of anilines is 1. The molecule has 0 atom stereocenters. The van der Waals surface area contributed by atoms with Crippen LogP contribution in [0.1, 0.15) is 33.8 Å². The molecule has 3 heterocycles. The first-order valence-electron chi connectivity index (χ1n) is 10.5. The van der Waals surface area contributed by atoms with E-state index in [9.17, 15) is 9.59 Å². The molecule has 2 amide bonds. The number of hydrogen-bond donors (Lipinski definition) is 1. The molecule has 0 aliphatic carbocycles. The fraction of sp³-hybridized carbons (Fsp3) is 0.292. The van der Waals surface area contributed by atoms with Crippen molar-refractivity contribution < 1.29 is 19.1 Å². The Morgan fingerprint density at radius 2 is 1.91 bits per heavy atom. The topological polar surface area (TPSA) is 80.8 Å². The molecule has 164 valence electrons. The van der Waals surface area contributed by atoms with E-state index in [2.05, 4.69) is 10.3 Å². The van der Waals surface area contributed by atoms with E-state index in [-0.39, 0.29) is 11.8 Å². The van der Waals surface area contributed by atoms with Crippen molar-refractivity contribution >= 4 is 28.8 Å². The van der Waals surface area contributed by atoms with Gasteiger partial charge in [-0.3, -0.25) is 9.59 Å². The zero-order valence-corrected chi connectivity index (χ0v) is 18.7. The lowest BCUT2D eigenvalue weighted by molar-refractivity contribution is -0.122. The van der Waals surface area contributed by atoms with Crippen LogP contribution in [0.15, 0.2) is 48.0 Å². The van der Waals surface area contributed by atoms with Crippen LogP contribution in [0, 0.1) is 6.92 Å². The standard InChI is InChI=1S/C24H23N3O4S/c1-15-21(32-14-25-15)22(28)27-10-8-24(9-11-27)17-12-19(30-2)20(13-18(17)26-23(24)29)31-16-6-4-3-5-7-16/h3-7,12-14H,8-11H2,1-2H3,(H,26,29). The van der Waals surface area contributed by atoms with Crippen molar-refractivity contribution in [1.82, 2.24) is 9.88 Å². The summed E-state index contributed by atoms with van der Waals surface area (Å²) < 4.78 is 11.6. The van der Waals surface area contributed by atoms with Crippen molar-refractivity contribution in [2.24, 2.45) is 0 Å². The molecule has 2 aliphatic heterocycles. The fourth-order valence-electron chi connectivity index (χ4n) is 4.52. The molecular weight excluding hydrogens is 426 g/mol. The Morgan fingerprint density at radius 1 is 1.16 bits per heavy atom. The highest BCUT2D eigenvalue weighted by atomic mass is 32.1. The molecule has 32 heavy (non-hydrogen) atoms. The van der Waals surface area contributed by atoms with Gasteiger partial charge in [0.1, 0.15) is 10.6 Å². The van der Waals surface area contributed by atoms with Gasteiger partial charge in [-0.2, -0.15) is 0 Å². The number of aromatic nitrogens is 1. The molecule has 2 aliphatic rings. The third kappa shape index (κ3) is 3.31. The predicted molar refractivity (Wildman–Crippen MR) is 122 cm³/mol. The molecule has 1 aromatic heterocycles. The first kappa shape index (κ1) is 20.5. The molecule has 0 saturated carbocycles. The van der Waals surface area contributed by atoms with Crippen LogP contribution in [0.3, 0.4) is 0 Å². The van der Waals surface area contributed by atoms with Crippen LogP contribution in [0.5, 0.6) is 17.2 Å². The molecule has 3 aromatic rings. The van der Waals surface area contributed by atoms with Crippen molar-refractivity contribution in [3.05, 3.63) is 64.1 Å². The van der Waals surface area contributed by atoms with Gasteiger partial charge >= 0.3 is 0 Å². The van der Waals surface area contributed by atoms with Crippen LogP contribution in [0.25, 0.3) is 0 Å². The van der Waals surface area contributed by atoms with E-state index in [0.29, 0.717) is 48.1 Å². The number of hydrogen-bond acceptors (Lipinski definition) is 6. The maximum Gasteiger partial charge on any atom is 0.265 e. The Labute approximate surface area is 190 Å². The van der Waals surface area contributed by atoms with E-state index in [1.54, 1.807) is 12.6 Å². The van der Waals surface area contributed by atoms with Gasteiger partial charge in [0.05, 0.1) is 23.7 Å². The summed E-state index contributed by atoms with van der Waals surface area (Å²) in [5.74, 6) is 1.76. The van der Waals surface area contributed by atoms with Gasteiger partial charge in [0.15, 0.2) is 11.5 Å². The zero-order valence-electron chi connectivity index (χ0n) is 17.9. The Hall–Kier alpha value is -3.39. The summed E-state index contributed by atoms with van der Waals surface area (Å²) in [4.78, 5) is 32.7. The molecule has 8 heteroatoms. The number of amides is 2. The van der Waals surface area contributed by atoms with Gasteiger partial charge < -0.3 is 19.7 Å². The molecule has 2 aromatic carbocycles. The number of methoxy groups -OCH3 is 1. The van der Waals surface area contributed by atoms with Gasteiger partial charge in [-0.05, 0) is 43.5 Å².